The van der Waals surface area contributed by atoms with Crippen molar-refractivity contribution in [3.8, 4) is 5.75 Å². The molecule has 7 nitrogen and oxygen atoms in total. The second-order valence-corrected chi connectivity index (χ2v) is 8.06. The lowest BCUT2D eigenvalue weighted by Crippen LogP contribution is -2.29. The Balaban J connectivity index is 1.46. The quantitative estimate of drug-likeness (QED) is 0.503. The molecule has 0 radical (unpaired) electrons. The number of ether oxygens (including phenoxy) is 1. The van der Waals surface area contributed by atoms with E-state index < -0.39 is 0 Å². The van der Waals surface area contributed by atoms with Gasteiger partial charge in [-0.05, 0) is 49.2 Å². The van der Waals surface area contributed by atoms with Gasteiger partial charge in [0, 0.05) is 18.1 Å². The molecule has 0 spiro atoms. The van der Waals surface area contributed by atoms with Gasteiger partial charge < -0.3 is 14.1 Å². The molecular formula is C20H21ClN4O3S. The SMILES string of the molecule is O=C(CSc1nnc(COc2ccc(Cl)cc2)n1Cc1ccco1)N1CCCC1. The number of aromatic nitrogens is 3. The summed E-state index contributed by atoms with van der Waals surface area (Å²) < 4.78 is 13.2. The standard InChI is InChI=1S/C20H21ClN4O3S/c21-15-5-7-16(8-6-15)28-13-18-22-23-20(25(18)12-17-4-3-11-27-17)29-14-19(26)24-9-1-2-10-24/h3-8,11H,1-2,9-10,12-14H2. The first-order valence-corrected chi connectivity index (χ1v) is 10.8. The van der Waals surface area contributed by atoms with Crippen LogP contribution in [-0.4, -0.2) is 44.4 Å². The summed E-state index contributed by atoms with van der Waals surface area (Å²) in [6, 6.07) is 10.9. The van der Waals surface area contributed by atoms with E-state index >= 15 is 0 Å². The number of carbonyl (C=O) groups is 1. The van der Waals surface area contributed by atoms with Crippen LogP contribution in [0.15, 0.2) is 52.2 Å². The number of furan rings is 1. The summed E-state index contributed by atoms with van der Waals surface area (Å²) in [5.74, 6) is 2.62. The zero-order valence-electron chi connectivity index (χ0n) is 15.8. The molecule has 0 aliphatic carbocycles. The molecule has 152 valence electrons. The van der Waals surface area contributed by atoms with E-state index in [0.29, 0.717) is 34.1 Å². The topological polar surface area (TPSA) is 73.4 Å². The molecule has 29 heavy (non-hydrogen) atoms. The van der Waals surface area contributed by atoms with Crippen molar-refractivity contribution < 1.29 is 13.9 Å². The lowest BCUT2D eigenvalue weighted by Gasteiger charge is -2.15. The van der Waals surface area contributed by atoms with Crippen LogP contribution in [0.25, 0.3) is 0 Å². The largest absolute Gasteiger partial charge is 0.486 e. The van der Waals surface area contributed by atoms with E-state index in [-0.39, 0.29) is 12.5 Å². The summed E-state index contributed by atoms with van der Waals surface area (Å²) in [6.07, 6.45) is 3.79. The third-order valence-corrected chi connectivity index (χ3v) is 5.86. The molecule has 0 N–H and O–H groups in total. The minimum atomic E-state index is 0.138. The van der Waals surface area contributed by atoms with Gasteiger partial charge in [-0.1, -0.05) is 23.4 Å². The van der Waals surface area contributed by atoms with Gasteiger partial charge in [-0.3, -0.25) is 9.36 Å². The van der Waals surface area contributed by atoms with Gasteiger partial charge in [-0.15, -0.1) is 10.2 Å². The number of carbonyl (C=O) groups excluding carboxylic acids is 1. The van der Waals surface area contributed by atoms with E-state index in [1.165, 1.54) is 11.8 Å². The molecule has 3 aromatic rings. The number of thioether (sulfide) groups is 1. The summed E-state index contributed by atoms with van der Waals surface area (Å²) in [4.78, 5) is 14.3. The number of rotatable bonds is 8. The maximum Gasteiger partial charge on any atom is 0.233 e. The maximum atomic E-state index is 12.4. The van der Waals surface area contributed by atoms with E-state index in [1.807, 2.05) is 21.6 Å². The van der Waals surface area contributed by atoms with E-state index in [1.54, 1.807) is 30.5 Å². The third-order valence-electron chi connectivity index (χ3n) is 4.65. The van der Waals surface area contributed by atoms with Crippen molar-refractivity contribution >= 4 is 29.3 Å². The number of hydrogen-bond donors (Lipinski definition) is 0. The van der Waals surface area contributed by atoms with Crippen LogP contribution >= 0.6 is 23.4 Å². The Morgan fingerprint density at radius 3 is 2.69 bits per heavy atom. The first-order chi connectivity index (χ1) is 14.2. The number of likely N-dealkylation sites (tertiary alicyclic amines) is 1. The average Bonchev–Trinajstić information content (AvgIpc) is 3.49. The number of amides is 1. The molecule has 0 unspecified atom stereocenters. The lowest BCUT2D eigenvalue weighted by atomic mass is 10.3. The predicted octanol–water partition coefficient (Wildman–Crippen LogP) is 3.87. The normalized spacial score (nSPS) is 13.8. The van der Waals surface area contributed by atoms with Gasteiger partial charge in [0.15, 0.2) is 11.0 Å². The fraction of sp³-hybridized carbons (Fsp3) is 0.350. The third kappa shape index (κ3) is 5.13. The molecular weight excluding hydrogens is 412 g/mol. The summed E-state index contributed by atoms with van der Waals surface area (Å²) in [5, 5.41) is 9.89. The molecule has 1 aromatic carbocycles. The Kier molecular flexibility index (Phi) is 6.41. The Hall–Kier alpha value is -2.45. The molecule has 0 bridgehead atoms. The van der Waals surface area contributed by atoms with E-state index in [0.717, 1.165) is 31.7 Å². The van der Waals surface area contributed by atoms with Gasteiger partial charge in [0.2, 0.25) is 5.91 Å². The van der Waals surface area contributed by atoms with Crippen molar-refractivity contribution in [2.75, 3.05) is 18.8 Å². The van der Waals surface area contributed by atoms with E-state index in [2.05, 4.69) is 10.2 Å². The molecule has 4 rings (SSSR count). The summed E-state index contributed by atoms with van der Waals surface area (Å²) in [5.41, 5.74) is 0. The predicted molar refractivity (Wildman–Crippen MR) is 110 cm³/mol. The number of halogens is 1. The Labute approximate surface area is 178 Å². The maximum absolute atomic E-state index is 12.4. The summed E-state index contributed by atoms with van der Waals surface area (Å²) in [7, 11) is 0. The molecule has 1 aliphatic heterocycles. The highest BCUT2D eigenvalue weighted by Crippen LogP contribution is 2.22. The highest BCUT2D eigenvalue weighted by Gasteiger charge is 2.20. The zero-order chi connectivity index (χ0) is 20.1. The smallest absolute Gasteiger partial charge is 0.233 e. The van der Waals surface area contributed by atoms with Crippen LogP contribution in [0.4, 0.5) is 0 Å². The van der Waals surface area contributed by atoms with Crippen LogP contribution in [-0.2, 0) is 17.9 Å². The molecule has 1 amide bonds. The Morgan fingerprint density at radius 2 is 1.97 bits per heavy atom. The van der Waals surface area contributed by atoms with Crippen LogP contribution in [0.5, 0.6) is 5.75 Å². The van der Waals surface area contributed by atoms with Crippen molar-refractivity contribution in [1.29, 1.82) is 0 Å². The number of benzene rings is 1. The van der Waals surface area contributed by atoms with Crippen molar-refractivity contribution in [3.63, 3.8) is 0 Å². The molecule has 2 aromatic heterocycles. The molecule has 3 heterocycles. The summed E-state index contributed by atoms with van der Waals surface area (Å²) >= 11 is 7.31. The number of nitrogens with zero attached hydrogens (tertiary/aromatic N) is 4. The minimum absolute atomic E-state index is 0.138. The van der Waals surface area contributed by atoms with Crippen molar-refractivity contribution in [2.24, 2.45) is 0 Å². The van der Waals surface area contributed by atoms with Gasteiger partial charge >= 0.3 is 0 Å². The van der Waals surface area contributed by atoms with Gasteiger partial charge in [0.1, 0.15) is 18.1 Å². The Bertz CT molecular complexity index is 937. The highest BCUT2D eigenvalue weighted by molar-refractivity contribution is 7.99. The second-order valence-electron chi connectivity index (χ2n) is 6.68. The van der Waals surface area contributed by atoms with Crippen molar-refractivity contribution in [3.05, 3.63) is 59.3 Å². The van der Waals surface area contributed by atoms with Gasteiger partial charge in [0.25, 0.3) is 0 Å². The molecule has 9 heteroatoms. The van der Waals surface area contributed by atoms with Gasteiger partial charge in [-0.2, -0.15) is 0 Å². The van der Waals surface area contributed by atoms with Gasteiger partial charge in [-0.25, -0.2) is 0 Å². The van der Waals surface area contributed by atoms with E-state index in [4.69, 9.17) is 20.8 Å². The van der Waals surface area contributed by atoms with Gasteiger partial charge in [0.05, 0.1) is 18.6 Å². The Morgan fingerprint density at radius 1 is 1.17 bits per heavy atom. The molecule has 1 saturated heterocycles. The van der Waals surface area contributed by atoms with Crippen LogP contribution in [0.1, 0.15) is 24.4 Å². The van der Waals surface area contributed by atoms with Crippen LogP contribution in [0, 0.1) is 0 Å². The molecule has 0 saturated carbocycles. The fourth-order valence-electron chi connectivity index (χ4n) is 3.11. The highest BCUT2D eigenvalue weighted by atomic mass is 35.5. The minimum Gasteiger partial charge on any atom is -0.486 e. The van der Waals surface area contributed by atoms with Crippen molar-refractivity contribution in [2.45, 2.75) is 31.1 Å². The average molecular weight is 433 g/mol. The van der Waals surface area contributed by atoms with Crippen molar-refractivity contribution in [1.82, 2.24) is 19.7 Å². The monoisotopic (exact) mass is 432 g/mol. The second kappa shape index (κ2) is 9.37. The lowest BCUT2D eigenvalue weighted by molar-refractivity contribution is -0.127. The molecule has 0 atom stereocenters. The fourth-order valence-corrected chi connectivity index (χ4v) is 4.10. The first-order valence-electron chi connectivity index (χ1n) is 9.42. The van der Waals surface area contributed by atoms with Crippen LogP contribution < -0.4 is 4.74 Å². The van der Waals surface area contributed by atoms with E-state index in [9.17, 15) is 4.79 Å². The molecule has 1 aliphatic rings. The molecule has 1 fully saturated rings. The summed E-state index contributed by atoms with van der Waals surface area (Å²) in [6.45, 7) is 2.41. The van der Waals surface area contributed by atoms with Crippen LogP contribution in [0.2, 0.25) is 5.02 Å². The first kappa shape index (κ1) is 19.8. The zero-order valence-corrected chi connectivity index (χ0v) is 17.4. The van der Waals surface area contributed by atoms with Crippen LogP contribution in [0.3, 0.4) is 0 Å². The number of hydrogen-bond acceptors (Lipinski definition) is 6.